The number of hydrogen-bond donors (Lipinski definition) is 1. The molecule has 0 bridgehead atoms. The third-order valence-corrected chi connectivity index (χ3v) is 4.99. The first-order valence-electron chi connectivity index (χ1n) is 9.91. The molecule has 4 rings (SSSR count). The van der Waals surface area contributed by atoms with Gasteiger partial charge in [0.05, 0.1) is 17.9 Å². The molecule has 148 valence electrons. The maximum Gasteiger partial charge on any atom is 0.241 e. The van der Waals surface area contributed by atoms with Gasteiger partial charge in [0.2, 0.25) is 11.8 Å². The Kier molecular flexibility index (Phi) is 6.12. The molecule has 2 aromatic heterocycles. The summed E-state index contributed by atoms with van der Waals surface area (Å²) in [5.74, 6) is 1.22. The Morgan fingerprint density at radius 3 is 2.72 bits per heavy atom. The lowest BCUT2D eigenvalue weighted by atomic mass is 10.0. The maximum absolute atomic E-state index is 12.9. The smallest absolute Gasteiger partial charge is 0.241 e. The van der Waals surface area contributed by atoms with E-state index in [1.807, 2.05) is 54.7 Å². The summed E-state index contributed by atoms with van der Waals surface area (Å²) < 4.78 is 5.70. The number of aromatic nitrogens is 2. The van der Waals surface area contributed by atoms with Crippen molar-refractivity contribution >= 4 is 11.6 Å². The van der Waals surface area contributed by atoms with E-state index in [2.05, 4.69) is 20.2 Å². The van der Waals surface area contributed by atoms with Gasteiger partial charge in [-0.1, -0.05) is 30.7 Å². The van der Waals surface area contributed by atoms with Crippen LogP contribution in [-0.2, 0) is 11.3 Å². The first-order chi connectivity index (χ1) is 14.3. The Labute approximate surface area is 170 Å². The standard InChI is InChI=1S/C23H24N4O2/c28-23(21-10-4-5-14-27(21)17-18-7-6-13-24-15-18)26-19-11-12-22(25-16-19)29-20-8-2-1-3-9-20/h1-3,6-9,11-13,15-16,21H,4-5,10,14,17H2,(H,26,28)/t21-/m1/s1. The molecule has 1 aliphatic heterocycles. The average molecular weight is 388 g/mol. The number of benzene rings is 1. The fourth-order valence-corrected chi connectivity index (χ4v) is 3.55. The van der Waals surface area contributed by atoms with Crippen LogP contribution in [0, 0.1) is 0 Å². The van der Waals surface area contributed by atoms with Crippen LogP contribution >= 0.6 is 0 Å². The van der Waals surface area contributed by atoms with E-state index in [4.69, 9.17) is 4.74 Å². The molecule has 0 unspecified atom stereocenters. The van der Waals surface area contributed by atoms with Crippen LogP contribution in [0.4, 0.5) is 5.69 Å². The Morgan fingerprint density at radius 2 is 1.97 bits per heavy atom. The molecule has 1 aliphatic rings. The number of hydrogen-bond acceptors (Lipinski definition) is 5. The molecule has 0 radical (unpaired) electrons. The van der Waals surface area contributed by atoms with Crippen LogP contribution < -0.4 is 10.1 Å². The largest absolute Gasteiger partial charge is 0.439 e. The second-order valence-electron chi connectivity index (χ2n) is 7.13. The number of carbonyl (C=O) groups excluding carboxylic acids is 1. The molecule has 1 fully saturated rings. The molecular weight excluding hydrogens is 364 g/mol. The average Bonchev–Trinajstić information content (AvgIpc) is 2.77. The highest BCUT2D eigenvalue weighted by Gasteiger charge is 2.28. The van der Waals surface area contributed by atoms with Gasteiger partial charge in [-0.15, -0.1) is 0 Å². The summed E-state index contributed by atoms with van der Waals surface area (Å²) in [6, 6.07) is 16.9. The summed E-state index contributed by atoms with van der Waals surface area (Å²) in [6.07, 6.45) is 8.28. The van der Waals surface area contributed by atoms with E-state index in [9.17, 15) is 4.79 Å². The second-order valence-corrected chi connectivity index (χ2v) is 7.13. The molecule has 3 heterocycles. The molecule has 1 amide bonds. The Hall–Kier alpha value is -3.25. The lowest BCUT2D eigenvalue weighted by Gasteiger charge is -2.34. The first kappa shape index (κ1) is 19.1. The van der Waals surface area contributed by atoms with Gasteiger partial charge in [0.1, 0.15) is 5.75 Å². The Balaban J connectivity index is 1.38. The van der Waals surface area contributed by atoms with Crippen molar-refractivity contribution in [2.24, 2.45) is 0 Å². The number of rotatable bonds is 6. The van der Waals surface area contributed by atoms with Gasteiger partial charge >= 0.3 is 0 Å². The van der Waals surface area contributed by atoms with Crippen LogP contribution in [0.3, 0.4) is 0 Å². The minimum Gasteiger partial charge on any atom is -0.439 e. The minimum absolute atomic E-state index is 0.00659. The van der Waals surface area contributed by atoms with Crippen LogP contribution in [0.2, 0.25) is 0 Å². The molecular formula is C23H24N4O2. The molecule has 1 N–H and O–H groups in total. The number of ether oxygens (including phenoxy) is 1. The van der Waals surface area contributed by atoms with E-state index in [1.54, 1.807) is 18.5 Å². The van der Waals surface area contributed by atoms with E-state index in [0.717, 1.165) is 43.7 Å². The summed E-state index contributed by atoms with van der Waals surface area (Å²) in [5.41, 5.74) is 1.79. The van der Waals surface area contributed by atoms with Gasteiger partial charge < -0.3 is 10.1 Å². The quantitative estimate of drug-likeness (QED) is 0.683. The van der Waals surface area contributed by atoms with Crippen LogP contribution in [0.15, 0.2) is 73.2 Å². The van der Waals surface area contributed by atoms with Gasteiger partial charge in [-0.3, -0.25) is 14.7 Å². The number of pyridine rings is 2. The van der Waals surface area contributed by atoms with Crippen molar-refractivity contribution in [1.29, 1.82) is 0 Å². The third kappa shape index (κ3) is 5.18. The third-order valence-electron chi connectivity index (χ3n) is 4.99. The highest BCUT2D eigenvalue weighted by Crippen LogP contribution is 2.23. The fraction of sp³-hybridized carbons (Fsp3) is 0.261. The van der Waals surface area contributed by atoms with Crippen LogP contribution in [0.25, 0.3) is 0 Å². The van der Waals surface area contributed by atoms with Crippen molar-refractivity contribution < 1.29 is 9.53 Å². The lowest BCUT2D eigenvalue weighted by molar-refractivity contribution is -0.122. The van der Waals surface area contributed by atoms with Crippen molar-refractivity contribution in [3.05, 3.63) is 78.8 Å². The van der Waals surface area contributed by atoms with Crippen LogP contribution in [-0.4, -0.2) is 33.4 Å². The molecule has 0 aliphatic carbocycles. The molecule has 0 spiro atoms. The van der Waals surface area contributed by atoms with Gasteiger partial charge in [0, 0.05) is 25.0 Å². The molecule has 29 heavy (non-hydrogen) atoms. The highest BCUT2D eigenvalue weighted by atomic mass is 16.5. The lowest BCUT2D eigenvalue weighted by Crippen LogP contribution is -2.46. The van der Waals surface area contributed by atoms with E-state index in [0.29, 0.717) is 11.6 Å². The number of likely N-dealkylation sites (tertiary alicyclic amines) is 1. The number of anilines is 1. The van der Waals surface area contributed by atoms with Crippen LogP contribution in [0.1, 0.15) is 24.8 Å². The van der Waals surface area contributed by atoms with Gasteiger partial charge in [-0.25, -0.2) is 4.98 Å². The highest BCUT2D eigenvalue weighted by molar-refractivity contribution is 5.94. The van der Waals surface area contributed by atoms with Gasteiger partial charge in [-0.05, 0) is 49.2 Å². The summed E-state index contributed by atoms with van der Waals surface area (Å²) in [4.78, 5) is 23.6. The molecule has 3 aromatic rings. The number of amides is 1. The molecule has 1 atom stereocenters. The van der Waals surface area contributed by atoms with Gasteiger partial charge in [0.15, 0.2) is 0 Å². The zero-order valence-electron chi connectivity index (χ0n) is 16.2. The SMILES string of the molecule is O=C(Nc1ccc(Oc2ccccc2)nc1)[C@H]1CCCCN1Cc1cccnc1. The summed E-state index contributed by atoms with van der Waals surface area (Å²) in [5, 5.41) is 3.00. The number of nitrogens with one attached hydrogen (secondary N) is 1. The number of carbonyl (C=O) groups is 1. The summed E-state index contributed by atoms with van der Waals surface area (Å²) in [6.45, 7) is 1.64. The molecule has 1 saturated heterocycles. The maximum atomic E-state index is 12.9. The Bertz CT molecular complexity index is 917. The molecule has 6 heteroatoms. The zero-order valence-corrected chi connectivity index (χ0v) is 16.2. The normalized spacial score (nSPS) is 16.9. The predicted molar refractivity (Wildman–Crippen MR) is 112 cm³/mol. The van der Waals surface area contributed by atoms with E-state index in [1.165, 1.54) is 0 Å². The second kappa shape index (κ2) is 9.30. The van der Waals surface area contributed by atoms with Crippen LogP contribution in [0.5, 0.6) is 11.6 Å². The number of nitrogens with zero attached hydrogens (tertiary/aromatic N) is 3. The number of para-hydroxylation sites is 1. The van der Waals surface area contributed by atoms with Crippen molar-refractivity contribution in [1.82, 2.24) is 14.9 Å². The van der Waals surface area contributed by atoms with Gasteiger partial charge in [0.25, 0.3) is 0 Å². The van der Waals surface area contributed by atoms with Crippen molar-refractivity contribution in [3.63, 3.8) is 0 Å². The zero-order chi connectivity index (χ0) is 19.9. The topological polar surface area (TPSA) is 67.3 Å². The van der Waals surface area contributed by atoms with E-state index >= 15 is 0 Å². The molecule has 1 aromatic carbocycles. The summed E-state index contributed by atoms with van der Waals surface area (Å²) >= 11 is 0. The first-order valence-corrected chi connectivity index (χ1v) is 9.91. The number of piperidine rings is 1. The van der Waals surface area contributed by atoms with E-state index in [-0.39, 0.29) is 11.9 Å². The predicted octanol–water partition coefficient (Wildman–Crippen LogP) is 4.26. The van der Waals surface area contributed by atoms with E-state index < -0.39 is 0 Å². The molecule has 6 nitrogen and oxygen atoms in total. The van der Waals surface area contributed by atoms with Crippen molar-refractivity contribution in [3.8, 4) is 11.6 Å². The fourth-order valence-electron chi connectivity index (χ4n) is 3.55. The monoisotopic (exact) mass is 388 g/mol. The minimum atomic E-state index is -0.149. The van der Waals surface area contributed by atoms with Crippen molar-refractivity contribution in [2.45, 2.75) is 31.8 Å². The summed E-state index contributed by atoms with van der Waals surface area (Å²) in [7, 11) is 0. The van der Waals surface area contributed by atoms with Crippen molar-refractivity contribution in [2.75, 3.05) is 11.9 Å². The Morgan fingerprint density at radius 1 is 1.07 bits per heavy atom. The molecule has 0 saturated carbocycles. The van der Waals surface area contributed by atoms with Gasteiger partial charge in [-0.2, -0.15) is 0 Å².